The van der Waals surface area contributed by atoms with E-state index in [0.29, 0.717) is 0 Å². The summed E-state index contributed by atoms with van der Waals surface area (Å²) in [5, 5.41) is 7.78. The van der Waals surface area contributed by atoms with Gasteiger partial charge in [-0.1, -0.05) is 24.3 Å². The van der Waals surface area contributed by atoms with Gasteiger partial charge >= 0.3 is 0 Å². The first kappa shape index (κ1) is 11.9. The van der Waals surface area contributed by atoms with E-state index < -0.39 is 0 Å². The average molecular weight is 229 g/mol. The summed E-state index contributed by atoms with van der Waals surface area (Å²) in [6.07, 6.45) is 0. The van der Waals surface area contributed by atoms with Crippen molar-refractivity contribution in [1.29, 1.82) is 0 Å². The molecular weight excluding hydrogens is 210 g/mol. The third kappa shape index (κ3) is 2.94. The van der Waals surface area contributed by atoms with Crippen molar-refractivity contribution in [3.05, 3.63) is 52.8 Å². The Kier molecular flexibility index (Phi) is 3.59. The van der Waals surface area contributed by atoms with Crippen LogP contribution in [-0.4, -0.2) is 9.78 Å². The minimum absolute atomic E-state index is 0.853. The molecule has 2 rings (SSSR count). The summed E-state index contributed by atoms with van der Waals surface area (Å²) in [5.41, 5.74) is 4.98. The van der Waals surface area contributed by atoms with Crippen molar-refractivity contribution in [2.24, 2.45) is 7.05 Å². The van der Waals surface area contributed by atoms with Crippen molar-refractivity contribution in [3.63, 3.8) is 0 Å². The highest BCUT2D eigenvalue weighted by atomic mass is 15.3. The van der Waals surface area contributed by atoms with Crippen LogP contribution in [0.15, 0.2) is 30.3 Å². The second-order valence-corrected chi connectivity index (χ2v) is 4.43. The molecule has 17 heavy (non-hydrogen) atoms. The molecule has 0 saturated heterocycles. The number of hydrogen-bond donors (Lipinski definition) is 1. The minimum Gasteiger partial charge on any atom is -0.307 e. The molecule has 0 aliphatic carbocycles. The first-order valence-electron chi connectivity index (χ1n) is 5.91. The molecule has 1 aromatic heterocycles. The highest BCUT2D eigenvalue weighted by Gasteiger charge is 2.02. The molecule has 0 radical (unpaired) electrons. The van der Waals surface area contributed by atoms with Crippen molar-refractivity contribution in [3.8, 4) is 0 Å². The molecule has 2 aromatic rings. The molecule has 90 valence electrons. The zero-order chi connectivity index (χ0) is 12.3. The maximum Gasteiger partial charge on any atom is 0.0597 e. The fourth-order valence-electron chi connectivity index (χ4n) is 1.96. The van der Waals surface area contributed by atoms with Crippen LogP contribution in [0.1, 0.15) is 22.5 Å². The van der Waals surface area contributed by atoms with Crippen molar-refractivity contribution >= 4 is 0 Å². The van der Waals surface area contributed by atoms with Gasteiger partial charge in [0, 0.05) is 20.1 Å². The number of rotatable bonds is 4. The summed E-state index contributed by atoms with van der Waals surface area (Å²) < 4.78 is 1.93. The van der Waals surface area contributed by atoms with Gasteiger partial charge in [0.2, 0.25) is 0 Å². The Labute approximate surface area is 102 Å². The normalized spacial score (nSPS) is 10.8. The fourth-order valence-corrected chi connectivity index (χ4v) is 1.96. The number of hydrogen-bond acceptors (Lipinski definition) is 2. The van der Waals surface area contributed by atoms with Crippen LogP contribution < -0.4 is 5.32 Å². The van der Waals surface area contributed by atoms with Gasteiger partial charge in [-0.2, -0.15) is 5.10 Å². The van der Waals surface area contributed by atoms with Crippen LogP contribution in [0.2, 0.25) is 0 Å². The van der Waals surface area contributed by atoms with Gasteiger partial charge in [-0.25, -0.2) is 0 Å². The van der Waals surface area contributed by atoms with E-state index in [0.717, 1.165) is 18.8 Å². The van der Waals surface area contributed by atoms with Crippen LogP contribution in [0, 0.1) is 13.8 Å². The summed E-state index contributed by atoms with van der Waals surface area (Å²) >= 11 is 0. The molecule has 0 atom stereocenters. The Morgan fingerprint density at radius 1 is 1.18 bits per heavy atom. The Morgan fingerprint density at radius 2 is 1.94 bits per heavy atom. The molecule has 1 heterocycles. The predicted octanol–water partition coefficient (Wildman–Crippen LogP) is 2.33. The zero-order valence-electron chi connectivity index (χ0n) is 10.7. The Balaban J connectivity index is 1.92. The molecule has 0 aliphatic heterocycles. The monoisotopic (exact) mass is 229 g/mol. The van der Waals surface area contributed by atoms with E-state index in [4.69, 9.17) is 0 Å². The van der Waals surface area contributed by atoms with Crippen molar-refractivity contribution in [1.82, 2.24) is 15.1 Å². The lowest BCUT2D eigenvalue weighted by Gasteiger charge is -2.07. The van der Waals surface area contributed by atoms with Crippen molar-refractivity contribution < 1.29 is 0 Å². The second-order valence-electron chi connectivity index (χ2n) is 4.43. The van der Waals surface area contributed by atoms with Gasteiger partial charge in [0.1, 0.15) is 0 Å². The van der Waals surface area contributed by atoms with Crippen LogP contribution in [0.25, 0.3) is 0 Å². The van der Waals surface area contributed by atoms with E-state index in [9.17, 15) is 0 Å². The number of aryl methyl sites for hydroxylation is 3. The van der Waals surface area contributed by atoms with Gasteiger partial charge in [0.25, 0.3) is 0 Å². The number of nitrogens with zero attached hydrogens (tertiary/aromatic N) is 2. The quantitative estimate of drug-likeness (QED) is 0.872. The maximum atomic E-state index is 4.33. The second kappa shape index (κ2) is 5.15. The highest BCUT2D eigenvalue weighted by Crippen LogP contribution is 2.07. The lowest BCUT2D eigenvalue weighted by Crippen LogP contribution is -2.15. The summed E-state index contributed by atoms with van der Waals surface area (Å²) in [6.45, 7) is 5.92. The molecule has 0 fully saturated rings. The highest BCUT2D eigenvalue weighted by molar-refractivity contribution is 5.25. The molecule has 3 heteroatoms. The molecule has 0 spiro atoms. The first-order valence-corrected chi connectivity index (χ1v) is 5.91. The number of aromatic nitrogens is 2. The zero-order valence-corrected chi connectivity index (χ0v) is 10.7. The Hall–Kier alpha value is -1.61. The third-order valence-corrected chi connectivity index (χ3v) is 2.98. The summed E-state index contributed by atoms with van der Waals surface area (Å²) in [6, 6.07) is 10.6. The summed E-state index contributed by atoms with van der Waals surface area (Å²) in [5.74, 6) is 0. The van der Waals surface area contributed by atoms with Gasteiger partial charge in [0.05, 0.1) is 11.4 Å². The van der Waals surface area contributed by atoms with Crippen LogP contribution >= 0.6 is 0 Å². The SMILES string of the molecule is Cc1cc(CNCc2ccccc2C)n(C)n1. The molecule has 0 bridgehead atoms. The van der Waals surface area contributed by atoms with Gasteiger partial charge in [0.15, 0.2) is 0 Å². The average Bonchev–Trinajstić information content (AvgIpc) is 2.60. The molecular formula is C14H19N3. The van der Waals surface area contributed by atoms with Crippen LogP contribution in [0.5, 0.6) is 0 Å². The van der Waals surface area contributed by atoms with E-state index in [1.165, 1.54) is 16.8 Å². The largest absolute Gasteiger partial charge is 0.307 e. The Morgan fingerprint density at radius 3 is 2.59 bits per heavy atom. The molecule has 1 N–H and O–H groups in total. The summed E-state index contributed by atoms with van der Waals surface area (Å²) in [7, 11) is 1.98. The van der Waals surface area contributed by atoms with Crippen LogP contribution in [0.4, 0.5) is 0 Å². The number of nitrogens with one attached hydrogen (secondary N) is 1. The van der Waals surface area contributed by atoms with E-state index in [1.54, 1.807) is 0 Å². The first-order chi connectivity index (χ1) is 8.16. The molecule has 0 aliphatic rings. The van der Waals surface area contributed by atoms with E-state index >= 15 is 0 Å². The summed E-state index contributed by atoms with van der Waals surface area (Å²) in [4.78, 5) is 0. The minimum atomic E-state index is 0.853. The molecule has 1 aromatic carbocycles. The fraction of sp³-hybridized carbons (Fsp3) is 0.357. The molecule has 0 saturated carbocycles. The molecule has 0 unspecified atom stereocenters. The molecule has 3 nitrogen and oxygen atoms in total. The lowest BCUT2D eigenvalue weighted by atomic mass is 10.1. The van der Waals surface area contributed by atoms with Crippen molar-refractivity contribution in [2.75, 3.05) is 0 Å². The van der Waals surface area contributed by atoms with Gasteiger partial charge in [-0.05, 0) is 31.0 Å². The van der Waals surface area contributed by atoms with E-state index in [2.05, 4.69) is 47.7 Å². The van der Waals surface area contributed by atoms with Gasteiger partial charge in [-0.3, -0.25) is 4.68 Å². The smallest absolute Gasteiger partial charge is 0.0597 e. The Bertz CT molecular complexity index is 500. The predicted molar refractivity (Wildman–Crippen MR) is 69.7 cm³/mol. The molecule has 0 amide bonds. The van der Waals surface area contributed by atoms with E-state index in [-0.39, 0.29) is 0 Å². The van der Waals surface area contributed by atoms with Gasteiger partial charge < -0.3 is 5.32 Å². The lowest BCUT2D eigenvalue weighted by molar-refractivity contribution is 0.623. The number of benzene rings is 1. The standard InChI is InChI=1S/C14H19N3/c1-11-6-4-5-7-13(11)9-15-10-14-8-12(2)16-17(14)3/h4-8,15H,9-10H2,1-3H3. The van der Waals surface area contributed by atoms with Crippen molar-refractivity contribution in [2.45, 2.75) is 26.9 Å². The van der Waals surface area contributed by atoms with Crippen LogP contribution in [-0.2, 0) is 20.1 Å². The topological polar surface area (TPSA) is 29.9 Å². The van der Waals surface area contributed by atoms with E-state index in [1.807, 2.05) is 18.7 Å². The van der Waals surface area contributed by atoms with Crippen LogP contribution in [0.3, 0.4) is 0 Å². The maximum absolute atomic E-state index is 4.33. The third-order valence-electron chi connectivity index (χ3n) is 2.98. The van der Waals surface area contributed by atoms with Gasteiger partial charge in [-0.15, -0.1) is 0 Å².